The summed E-state index contributed by atoms with van der Waals surface area (Å²) in [6.45, 7) is 4.02. The van der Waals surface area contributed by atoms with Crippen LogP contribution in [0.1, 0.15) is 39.5 Å². The second kappa shape index (κ2) is 6.17. The standard InChI is InChI=1S/C10H20O3S/c1-4-6-9(7-5-2)10(11)8-14(3,12)13/h9H,4-8H2,1-3H3. The van der Waals surface area contributed by atoms with E-state index >= 15 is 0 Å². The molecule has 0 aliphatic rings. The van der Waals surface area contributed by atoms with Gasteiger partial charge in [0.2, 0.25) is 0 Å². The minimum atomic E-state index is -3.15. The van der Waals surface area contributed by atoms with Gasteiger partial charge in [-0.15, -0.1) is 0 Å². The lowest BCUT2D eigenvalue weighted by Gasteiger charge is -2.12. The molecular weight excluding hydrogens is 200 g/mol. The van der Waals surface area contributed by atoms with Gasteiger partial charge in [0.05, 0.1) is 0 Å². The molecule has 3 nitrogen and oxygen atoms in total. The normalized spacial score (nSPS) is 12.0. The number of carbonyl (C=O) groups excluding carboxylic acids is 1. The van der Waals surface area contributed by atoms with Gasteiger partial charge in [-0.1, -0.05) is 26.7 Å². The lowest BCUT2D eigenvalue weighted by Crippen LogP contribution is -2.23. The molecule has 0 bridgehead atoms. The molecule has 0 N–H and O–H groups in total. The molecule has 0 amide bonds. The Bertz CT molecular complexity index is 261. The van der Waals surface area contributed by atoms with Gasteiger partial charge >= 0.3 is 0 Å². The zero-order chi connectivity index (χ0) is 11.2. The smallest absolute Gasteiger partial charge is 0.154 e. The highest BCUT2D eigenvalue weighted by Crippen LogP contribution is 2.15. The molecular formula is C10H20O3S. The summed E-state index contributed by atoms with van der Waals surface area (Å²) in [7, 11) is -3.15. The van der Waals surface area contributed by atoms with E-state index in [1.54, 1.807) is 0 Å². The molecule has 0 unspecified atom stereocenters. The van der Waals surface area contributed by atoms with Crippen LogP contribution in [0.4, 0.5) is 0 Å². The minimum Gasteiger partial charge on any atom is -0.298 e. The summed E-state index contributed by atoms with van der Waals surface area (Å²) >= 11 is 0. The van der Waals surface area contributed by atoms with Gasteiger partial charge in [-0.25, -0.2) is 8.42 Å². The van der Waals surface area contributed by atoms with Crippen molar-refractivity contribution in [2.75, 3.05) is 12.0 Å². The van der Waals surface area contributed by atoms with Gasteiger partial charge in [0.25, 0.3) is 0 Å². The first-order valence-electron chi connectivity index (χ1n) is 5.11. The summed E-state index contributed by atoms with van der Waals surface area (Å²) in [5, 5.41) is 0. The number of hydrogen-bond donors (Lipinski definition) is 0. The van der Waals surface area contributed by atoms with E-state index in [0.717, 1.165) is 31.9 Å². The van der Waals surface area contributed by atoms with Crippen LogP contribution in [0.5, 0.6) is 0 Å². The number of Topliss-reactive ketones (excluding diaryl/α,β-unsaturated/α-hetero) is 1. The number of carbonyl (C=O) groups is 1. The molecule has 0 aromatic rings. The van der Waals surface area contributed by atoms with E-state index in [9.17, 15) is 13.2 Å². The van der Waals surface area contributed by atoms with E-state index in [1.165, 1.54) is 0 Å². The van der Waals surface area contributed by atoms with Crippen molar-refractivity contribution in [3.8, 4) is 0 Å². The summed E-state index contributed by atoms with van der Waals surface area (Å²) in [6.07, 6.45) is 4.59. The van der Waals surface area contributed by atoms with E-state index in [4.69, 9.17) is 0 Å². The number of sulfone groups is 1. The quantitative estimate of drug-likeness (QED) is 0.657. The highest BCUT2D eigenvalue weighted by molar-refractivity contribution is 7.91. The third-order valence-electron chi connectivity index (χ3n) is 2.13. The van der Waals surface area contributed by atoms with E-state index in [2.05, 4.69) is 0 Å². The Morgan fingerprint density at radius 1 is 1.14 bits per heavy atom. The van der Waals surface area contributed by atoms with Crippen molar-refractivity contribution < 1.29 is 13.2 Å². The largest absolute Gasteiger partial charge is 0.298 e. The lowest BCUT2D eigenvalue weighted by molar-refractivity contribution is -0.120. The average molecular weight is 220 g/mol. The maximum atomic E-state index is 11.6. The maximum absolute atomic E-state index is 11.6. The Morgan fingerprint density at radius 2 is 1.57 bits per heavy atom. The monoisotopic (exact) mass is 220 g/mol. The van der Waals surface area contributed by atoms with Crippen molar-refractivity contribution in [1.82, 2.24) is 0 Å². The second-order valence-electron chi connectivity index (χ2n) is 3.81. The summed E-state index contributed by atoms with van der Waals surface area (Å²) in [5.74, 6) is -0.464. The third-order valence-corrected chi connectivity index (χ3v) is 2.94. The molecule has 0 rings (SSSR count). The molecule has 0 heterocycles. The summed E-state index contributed by atoms with van der Waals surface area (Å²) in [5.41, 5.74) is 0. The predicted octanol–water partition coefficient (Wildman–Crippen LogP) is 1.82. The SMILES string of the molecule is CCCC(CCC)C(=O)CS(C)(=O)=O. The van der Waals surface area contributed by atoms with E-state index in [0.29, 0.717) is 0 Å². The number of rotatable bonds is 7. The molecule has 84 valence electrons. The van der Waals surface area contributed by atoms with Gasteiger partial charge in [-0.2, -0.15) is 0 Å². The van der Waals surface area contributed by atoms with Crippen LogP contribution in [0.25, 0.3) is 0 Å². The highest BCUT2D eigenvalue weighted by atomic mass is 32.2. The van der Waals surface area contributed by atoms with Crippen LogP contribution >= 0.6 is 0 Å². The Hall–Kier alpha value is -0.380. The molecule has 0 aliphatic carbocycles. The van der Waals surface area contributed by atoms with Gasteiger partial charge in [-0.05, 0) is 12.8 Å². The summed E-state index contributed by atoms with van der Waals surface area (Å²) < 4.78 is 21.9. The molecule has 4 heteroatoms. The Labute approximate surface area is 86.8 Å². The van der Waals surface area contributed by atoms with Crippen molar-refractivity contribution in [2.45, 2.75) is 39.5 Å². The fraction of sp³-hybridized carbons (Fsp3) is 0.900. The average Bonchev–Trinajstić information content (AvgIpc) is 2.01. The first kappa shape index (κ1) is 13.6. The zero-order valence-electron chi connectivity index (χ0n) is 9.25. The maximum Gasteiger partial charge on any atom is 0.154 e. The van der Waals surface area contributed by atoms with Crippen LogP contribution in [0.15, 0.2) is 0 Å². The van der Waals surface area contributed by atoms with E-state index in [-0.39, 0.29) is 17.5 Å². The van der Waals surface area contributed by atoms with Gasteiger partial charge in [0, 0.05) is 12.2 Å². The Balaban J connectivity index is 4.29. The van der Waals surface area contributed by atoms with E-state index < -0.39 is 9.84 Å². The number of hydrogen-bond acceptors (Lipinski definition) is 3. The van der Waals surface area contributed by atoms with Crippen molar-refractivity contribution in [3.05, 3.63) is 0 Å². The summed E-state index contributed by atoms with van der Waals surface area (Å²) in [4.78, 5) is 11.6. The second-order valence-corrected chi connectivity index (χ2v) is 5.95. The number of ketones is 1. The first-order valence-corrected chi connectivity index (χ1v) is 7.17. The molecule has 0 aromatic heterocycles. The fourth-order valence-corrected chi connectivity index (χ4v) is 2.29. The van der Waals surface area contributed by atoms with Crippen LogP contribution in [0.2, 0.25) is 0 Å². The molecule has 0 fully saturated rings. The molecule has 0 aliphatic heterocycles. The van der Waals surface area contributed by atoms with Crippen LogP contribution in [-0.4, -0.2) is 26.2 Å². The molecule has 0 saturated carbocycles. The van der Waals surface area contributed by atoms with Gasteiger partial charge in [-0.3, -0.25) is 4.79 Å². The third kappa shape index (κ3) is 6.13. The van der Waals surface area contributed by atoms with Crippen molar-refractivity contribution in [3.63, 3.8) is 0 Å². The summed E-state index contributed by atoms with van der Waals surface area (Å²) in [6, 6.07) is 0. The highest BCUT2D eigenvalue weighted by Gasteiger charge is 2.20. The minimum absolute atomic E-state index is 0.0558. The van der Waals surface area contributed by atoms with Crippen LogP contribution in [-0.2, 0) is 14.6 Å². The molecule has 0 radical (unpaired) electrons. The Kier molecular flexibility index (Phi) is 6.00. The van der Waals surface area contributed by atoms with Gasteiger partial charge in [0.1, 0.15) is 5.75 Å². The van der Waals surface area contributed by atoms with Crippen molar-refractivity contribution >= 4 is 15.6 Å². The van der Waals surface area contributed by atoms with Crippen LogP contribution < -0.4 is 0 Å². The molecule has 0 atom stereocenters. The van der Waals surface area contributed by atoms with Crippen molar-refractivity contribution in [2.24, 2.45) is 5.92 Å². The fourth-order valence-electron chi connectivity index (χ4n) is 1.54. The van der Waals surface area contributed by atoms with Crippen molar-refractivity contribution in [1.29, 1.82) is 0 Å². The zero-order valence-corrected chi connectivity index (χ0v) is 10.1. The van der Waals surface area contributed by atoms with Gasteiger partial charge in [0.15, 0.2) is 15.6 Å². The molecule has 14 heavy (non-hydrogen) atoms. The molecule has 0 aromatic carbocycles. The molecule has 0 saturated heterocycles. The van der Waals surface area contributed by atoms with Gasteiger partial charge < -0.3 is 0 Å². The molecule has 0 spiro atoms. The van der Waals surface area contributed by atoms with Crippen LogP contribution in [0, 0.1) is 5.92 Å². The first-order chi connectivity index (χ1) is 6.40. The lowest BCUT2D eigenvalue weighted by atomic mass is 9.95. The predicted molar refractivity (Wildman–Crippen MR) is 58.0 cm³/mol. The topological polar surface area (TPSA) is 51.2 Å². The van der Waals surface area contributed by atoms with Crippen LogP contribution in [0.3, 0.4) is 0 Å². The van der Waals surface area contributed by atoms with E-state index in [1.807, 2.05) is 13.8 Å². The Morgan fingerprint density at radius 3 is 1.86 bits per heavy atom.